The van der Waals surface area contributed by atoms with Crippen LogP contribution >= 0.6 is 0 Å². The second kappa shape index (κ2) is 6.05. The number of nitrogens with one attached hydrogen (secondary N) is 1. The zero-order chi connectivity index (χ0) is 14.7. The minimum absolute atomic E-state index is 0.186. The fourth-order valence-corrected chi connectivity index (χ4v) is 2.97. The smallest absolute Gasteiger partial charge is 0.354 e. The molecule has 2 aromatic heterocycles. The van der Waals surface area contributed by atoms with E-state index < -0.39 is 5.97 Å². The monoisotopic (exact) mass is 286 g/mol. The highest BCUT2D eigenvalue weighted by atomic mass is 16.4. The van der Waals surface area contributed by atoms with Crippen LogP contribution in [0.25, 0.3) is 0 Å². The molecule has 2 aromatic rings. The lowest BCUT2D eigenvalue weighted by molar-refractivity contribution is 0.0686. The Morgan fingerprint density at radius 2 is 2.33 bits per heavy atom. The molecular weight excluding hydrogens is 268 g/mol. The van der Waals surface area contributed by atoms with Gasteiger partial charge < -0.3 is 5.11 Å². The van der Waals surface area contributed by atoms with Crippen LogP contribution < -0.4 is 0 Å². The first kappa shape index (κ1) is 13.8. The van der Waals surface area contributed by atoms with E-state index in [0.717, 1.165) is 24.9 Å². The minimum atomic E-state index is -0.961. The third-order valence-corrected chi connectivity index (χ3v) is 3.99. The Kier molecular flexibility index (Phi) is 3.96. The number of hydrogen-bond acceptors (Lipinski definition) is 4. The number of aromatic carboxylic acids is 1. The van der Waals surface area contributed by atoms with Crippen LogP contribution in [0, 0.1) is 0 Å². The van der Waals surface area contributed by atoms with E-state index in [-0.39, 0.29) is 5.69 Å². The van der Waals surface area contributed by atoms with Crippen molar-refractivity contribution in [1.82, 2.24) is 20.1 Å². The Balaban J connectivity index is 1.82. The maximum Gasteiger partial charge on any atom is 0.354 e. The van der Waals surface area contributed by atoms with Crippen molar-refractivity contribution in [1.29, 1.82) is 0 Å². The molecule has 110 valence electrons. The second-order valence-corrected chi connectivity index (χ2v) is 5.34. The highest BCUT2D eigenvalue weighted by molar-refractivity contribution is 5.86. The van der Waals surface area contributed by atoms with E-state index in [0.29, 0.717) is 12.6 Å². The van der Waals surface area contributed by atoms with Crippen LogP contribution in [0.2, 0.25) is 0 Å². The first-order chi connectivity index (χ1) is 10.3. The molecule has 6 heteroatoms. The van der Waals surface area contributed by atoms with Gasteiger partial charge in [-0.3, -0.25) is 15.0 Å². The van der Waals surface area contributed by atoms with Gasteiger partial charge in [-0.1, -0.05) is 12.5 Å². The number of likely N-dealkylation sites (tertiary alicyclic amines) is 1. The number of carbonyl (C=O) groups is 1. The number of hydrogen-bond donors (Lipinski definition) is 2. The first-order valence-electron chi connectivity index (χ1n) is 7.15. The SMILES string of the molecule is O=C(O)c1[nH]ncc1CN1CCCCC1c1cccnc1. The topological polar surface area (TPSA) is 82.1 Å². The number of aromatic amines is 1. The lowest BCUT2D eigenvalue weighted by Gasteiger charge is -2.35. The number of carboxylic acids is 1. The number of piperidine rings is 1. The molecule has 0 aromatic carbocycles. The Labute approximate surface area is 122 Å². The molecule has 3 heterocycles. The van der Waals surface area contributed by atoms with Gasteiger partial charge in [0.1, 0.15) is 5.69 Å². The van der Waals surface area contributed by atoms with Gasteiger partial charge in [-0.2, -0.15) is 5.10 Å². The summed E-state index contributed by atoms with van der Waals surface area (Å²) >= 11 is 0. The predicted molar refractivity (Wildman–Crippen MR) is 76.8 cm³/mol. The van der Waals surface area contributed by atoms with Crippen molar-refractivity contribution in [3.8, 4) is 0 Å². The van der Waals surface area contributed by atoms with E-state index in [1.54, 1.807) is 12.4 Å². The summed E-state index contributed by atoms with van der Waals surface area (Å²) in [6.45, 7) is 1.56. The van der Waals surface area contributed by atoms with E-state index >= 15 is 0 Å². The lowest BCUT2D eigenvalue weighted by Crippen LogP contribution is -2.33. The van der Waals surface area contributed by atoms with Gasteiger partial charge in [-0.15, -0.1) is 0 Å². The Hall–Kier alpha value is -2.21. The van der Waals surface area contributed by atoms with Crippen LogP contribution in [-0.2, 0) is 6.54 Å². The zero-order valence-corrected chi connectivity index (χ0v) is 11.7. The summed E-state index contributed by atoms with van der Waals surface area (Å²) in [5.41, 5.74) is 2.11. The Morgan fingerprint density at radius 1 is 1.43 bits per heavy atom. The molecule has 1 atom stereocenters. The molecule has 0 aliphatic carbocycles. The average Bonchev–Trinajstić information content (AvgIpc) is 2.97. The largest absolute Gasteiger partial charge is 0.477 e. The molecule has 1 saturated heterocycles. The fraction of sp³-hybridized carbons (Fsp3) is 0.400. The van der Waals surface area contributed by atoms with Crippen LogP contribution in [-0.4, -0.2) is 37.7 Å². The lowest BCUT2D eigenvalue weighted by atomic mass is 9.96. The molecule has 0 amide bonds. The van der Waals surface area contributed by atoms with Crippen molar-refractivity contribution in [2.75, 3.05) is 6.54 Å². The predicted octanol–water partition coefficient (Wildman–Crippen LogP) is 2.23. The van der Waals surface area contributed by atoms with Crippen molar-refractivity contribution in [2.24, 2.45) is 0 Å². The summed E-state index contributed by atoms with van der Waals surface area (Å²) < 4.78 is 0. The van der Waals surface area contributed by atoms with Crippen molar-refractivity contribution >= 4 is 5.97 Å². The quantitative estimate of drug-likeness (QED) is 0.900. The molecule has 0 radical (unpaired) electrons. The maximum atomic E-state index is 11.2. The van der Waals surface area contributed by atoms with E-state index in [1.807, 2.05) is 12.3 Å². The van der Waals surface area contributed by atoms with E-state index in [9.17, 15) is 4.79 Å². The van der Waals surface area contributed by atoms with Gasteiger partial charge in [0.2, 0.25) is 0 Å². The third kappa shape index (κ3) is 2.95. The third-order valence-electron chi connectivity index (χ3n) is 3.99. The van der Waals surface area contributed by atoms with Crippen molar-refractivity contribution in [2.45, 2.75) is 31.8 Å². The van der Waals surface area contributed by atoms with Gasteiger partial charge in [0.15, 0.2) is 0 Å². The number of pyridine rings is 1. The Bertz CT molecular complexity index is 611. The van der Waals surface area contributed by atoms with Crippen molar-refractivity contribution in [3.63, 3.8) is 0 Å². The van der Waals surface area contributed by atoms with E-state index in [4.69, 9.17) is 5.11 Å². The summed E-state index contributed by atoms with van der Waals surface area (Å²) in [6, 6.07) is 4.33. The van der Waals surface area contributed by atoms with Gasteiger partial charge in [-0.25, -0.2) is 4.79 Å². The van der Waals surface area contributed by atoms with Crippen LogP contribution in [0.4, 0.5) is 0 Å². The van der Waals surface area contributed by atoms with Crippen LogP contribution in [0.15, 0.2) is 30.7 Å². The fourth-order valence-electron chi connectivity index (χ4n) is 2.97. The molecule has 6 nitrogen and oxygen atoms in total. The molecule has 0 bridgehead atoms. The van der Waals surface area contributed by atoms with Crippen molar-refractivity contribution < 1.29 is 9.90 Å². The van der Waals surface area contributed by atoms with Gasteiger partial charge >= 0.3 is 5.97 Å². The van der Waals surface area contributed by atoms with Gasteiger partial charge in [0.05, 0.1) is 6.20 Å². The second-order valence-electron chi connectivity index (χ2n) is 5.34. The number of carboxylic acid groups (broad SMARTS) is 1. The molecular formula is C15H18N4O2. The molecule has 3 rings (SSSR count). The zero-order valence-electron chi connectivity index (χ0n) is 11.7. The number of aromatic nitrogens is 3. The van der Waals surface area contributed by atoms with Crippen molar-refractivity contribution in [3.05, 3.63) is 47.5 Å². The minimum Gasteiger partial charge on any atom is -0.477 e. The normalized spacial score (nSPS) is 19.5. The summed E-state index contributed by atoms with van der Waals surface area (Å²) in [5, 5.41) is 15.6. The van der Waals surface area contributed by atoms with Crippen LogP contribution in [0.3, 0.4) is 0 Å². The number of rotatable bonds is 4. The summed E-state index contributed by atoms with van der Waals surface area (Å²) in [5.74, 6) is -0.961. The number of nitrogens with zero attached hydrogens (tertiary/aromatic N) is 3. The average molecular weight is 286 g/mol. The highest BCUT2D eigenvalue weighted by Gasteiger charge is 2.26. The molecule has 2 N–H and O–H groups in total. The van der Waals surface area contributed by atoms with E-state index in [2.05, 4.69) is 26.1 Å². The molecule has 1 unspecified atom stereocenters. The molecule has 0 spiro atoms. The molecule has 21 heavy (non-hydrogen) atoms. The Morgan fingerprint density at radius 3 is 3.10 bits per heavy atom. The summed E-state index contributed by atoms with van der Waals surface area (Å²) in [4.78, 5) is 17.7. The van der Waals surface area contributed by atoms with Crippen LogP contribution in [0.1, 0.15) is 46.9 Å². The first-order valence-corrected chi connectivity index (χ1v) is 7.15. The summed E-state index contributed by atoms with van der Waals surface area (Å²) in [7, 11) is 0. The van der Waals surface area contributed by atoms with E-state index in [1.165, 1.54) is 12.0 Å². The van der Waals surface area contributed by atoms with Gasteiger partial charge in [0, 0.05) is 30.5 Å². The standard InChI is InChI=1S/C15H18N4O2/c20-15(21)14-12(9-17-18-14)10-19-7-2-1-5-13(19)11-4-3-6-16-8-11/h3-4,6,8-9,13H,1-2,5,7,10H2,(H,17,18)(H,20,21). The van der Waals surface area contributed by atoms with Gasteiger partial charge in [-0.05, 0) is 31.0 Å². The number of H-pyrrole nitrogens is 1. The maximum absolute atomic E-state index is 11.2. The van der Waals surface area contributed by atoms with Gasteiger partial charge in [0.25, 0.3) is 0 Å². The molecule has 1 aliphatic heterocycles. The van der Waals surface area contributed by atoms with Crippen LogP contribution in [0.5, 0.6) is 0 Å². The molecule has 1 aliphatic rings. The molecule has 0 saturated carbocycles. The molecule has 1 fully saturated rings. The highest BCUT2D eigenvalue weighted by Crippen LogP contribution is 2.31. The summed E-state index contributed by atoms with van der Waals surface area (Å²) in [6.07, 6.45) is 8.68.